The fraction of sp³-hybridized carbons (Fsp3) is 0.652. The van der Waals surface area contributed by atoms with Crippen molar-refractivity contribution in [1.29, 1.82) is 0 Å². The van der Waals surface area contributed by atoms with Crippen LogP contribution in [-0.4, -0.2) is 23.6 Å². The number of rotatable bonds is 7. The third-order valence-electron chi connectivity index (χ3n) is 4.32. The highest BCUT2D eigenvalue weighted by molar-refractivity contribution is 5.94. The van der Waals surface area contributed by atoms with Crippen LogP contribution in [0, 0.1) is 5.92 Å². The molecular weight excluding hydrogens is 352 g/mol. The minimum atomic E-state index is -0.687. The number of urea groups is 1. The van der Waals surface area contributed by atoms with Crippen molar-refractivity contribution in [2.24, 2.45) is 5.92 Å². The molecule has 1 rings (SSSR count). The molecule has 0 bridgehead atoms. The molecule has 1 atom stereocenters. The van der Waals surface area contributed by atoms with Crippen LogP contribution in [0.15, 0.2) is 18.2 Å². The molecule has 0 radical (unpaired) electrons. The van der Waals surface area contributed by atoms with Crippen LogP contribution < -0.4 is 10.6 Å². The first kappa shape index (κ1) is 24.0. The smallest absolute Gasteiger partial charge is 0.329 e. The van der Waals surface area contributed by atoms with E-state index < -0.39 is 17.6 Å². The van der Waals surface area contributed by atoms with E-state index in [4.69, 9.17) is 4.74 Å². The van der Waals surface area contributed by atoms with Crippen LogP contribution in [0.25, 0.3) is 0 Å². The Morgan fingerprint density at radius 3 is 1.86 bits per heavy atom. The van der Waals surface area contributed by atoms with Gasteiger partial charge < -0.3 is 15.4 Å². The van der Waals surface area contributed by atoms with Crippen LogP contribution in [0.1, 0.15) is 91.7 Å². The number of esters is 1. The van der Waals surface area contributed by atoms with E-state index in [1.54, 1.807) is 0 Å². The van der Waals surface area contributed by atoms with Crippen LogP contribution in [0.2, 0.25) is 0 Å². The minimum absolute atomic E-state index is 0.243. The number of nitrogens with one attached hydrogen (secondary N) is 2. The maximum atomic E-state index is 12.8. The Morgan fingerprint density at radius 2 is 1.46 bits per heavy atom. The van der Waals surface area contributed by atoms with Gasteiger partial charge in [0, 0.05) is 5.69 Å². The van der Waals surface area contributed by atoms with Crippen molar-refractivity contribution in [2.75, 3.05) is 5.32 Å². The third kappa shape index (κ3) is 7.53. The molecule has 0 saturated carbocycles. The quantitative estimate of drug-likeness (QED) is 0.577. The average molecular weight is 391 g/mol. The summed E-state index contributed by atoms with van der Waals surface area (Å²) in [5.74, 6) is 0.377. The zero-order valence-electron chi connectivity index (χ0n) is 19.0. The van der Waals surface area contributed by atoms with Gasteiger partial charge in [0.25, 0.3) is 0 Å². The van der Waals surface area contributed by atoms with E-state index in [1.807, 2.05) is 52.8 Å². The zero-order chi connectivity index (χ0) is 21.6. The second-order valence-electron chi connectivity index (χ2n) is 9.43. The van der Waals surface area contributed by atoms with Gasteiger partial charge in [0.1, 0.15) is 11.6 Å². The summed E-state index contributed by atoms with van der Waals surface area (Å²) in [7, 11) is 0. The van der Waals surface area contributed by atoms with Crippen molar-refractivity contribution in [3.63, 3.8) is 0 Å². The number of carbonyl (C=O) groups is 2. The zero-order valence-corrected chi connectivity index (χ0v) is 19.0. The van der Waals surface area contributed by atoms with Crippen LogP contribution in [0.5, 0.6) is 0 Å². The maximum absolute atomic E-state index is 12.8. The van der Waals surface area contributed by atoms with Crippen molar-refractivity contribution < 1.29 is 14.3 Å². The predicted octanol–water partition coefficient (Wildman–Crippen LogP) is 5.81. The van der Waals surface area contributed by atoms with Gasteiger partial charge in [0.05, 0.1) is 0 Å². The fourth-order valence-corrected chi connectivity index (χ4v) is 3.06. The van der Waals surface area contributed by atoms with Crippen LogP contribution in [0.3, 0.4) is 0 Å². The summed E-state index contributed by atoms with van der Waals surface area (Å²) >= 11 is 0. The van der Waals surface area contributed by atoms with Gasteiger partial charge in [0.2, 0.25) is 0 Å². The highest BCUT2D eigenvalue weighted by atomic mass is 16.6. The molecular formula is C23H38N2O3. The number of para-hydroxylation sites is 1. The molecule has 0 heterocycles. The number of benzene rings is 1. The Hall–Kier alpha value is -2.04. The van der Waals surface area contributed by atoms with Crippen molar-refractivity contribution in [3.8, 4) is 0 Å². The van der Waals surface area contributed by atoms with E-state index in [1.165, 1.54) is 0 Å². The second-order valence-corrected chi connectivity index (χ2v) is 9.43. The molecule has 5 nitrogen and oxygen atoms in total. The van der Waals surface area contributed by atoms with E-state index in [0.29, 0.717) is 6.42 Å². The number of amides is 2. The van der Waals surface area contributed by atoms with E-state index >= 15 is 0 Å². The van der Waals surface area contributed by atoms with E-state index in [2.05, 4.69) is 38.3 Å². The highest BCUT2D eigenvalue weighted by Crippen LogP contribution is 2.32. The summed E-state index contributed by atoms with van der Waals surface area (Å²) < 4.78 is 5.49. The number of hydrogen-bond donors (Lipinski definition) is 2. The van der Waals surface area contributed by atoms with E-state index in [-0.39, 0.29) is 23.8 Å². The molecule has 0 aliphatic rings. The minimum Gasteiger partial charge on any atom is -0.458 e. The molecule has 1 aromatic rings. The van der Waals surface area contributed by atoms with E-state index in [9.17, 15) is 9.59 Å². The lowest BCUT2D eigenvalue weighted by Gasteiger charge is -2.26. The Bertz CT molecular complexity index is 647. The topological polar surface area (TPSA) is 67.4 Å². The van der Waals surface area contributed by atoms with Gasteiger partial charge in [-0.25, -0.2) is 9.59 Å². The number of anilines is 1. The van der Waals surface area contributed by atoms with Gasteiger partial charge in [-0.1, -0.05) is 59.7 Å². The summed E-state index contributed by atoms with van der Waals surface area (Å²) in [5.41, 5.74) is 2.40. The van der Waals surface area contributed by atoms with Crippen LogP contribution in [0.4, 0.5) is 10.5 Å². The molecule has 0 fully saturated rings. The lowest BCUT2D eigenvalue weighted by molar-refractivity contribution is -0.157. The molecule has 5 heteroatoms. The second kappa shape index (κ2) is 9.94. The first-order valence-corrected chi connectivity index (χ1v) is 10.2. The van der Waals surface area contributed by atoms with Crippen LogP contribution in [-0.2, 0) is 9.53 Å². The van der Waals surface area contributed by atoms with Gasteiger partial charge in [0.15, 0.2) is 0 Å². The Morgan fingerprint density at radius 1 is 0.964 bits per heavy atom. The van der Waals surface area contributed by atoms with Gasteiger partial charge >= 0.3 is 12.0 Å². The molecule has 0 aliphatic carbocycles. The van der Waals surface area contributed by atoms with Crippen LogP contribution >= 0.6 is 0 Å². The Kier molecular flexibility index (Phi) is 8.52. The van der Waals surface area contributed by atoms with Crippen molar-refractivity contribution in [1.82, 2.24) is 5.32 Å². The maximum Gasteiger partial charge on any atom is 0.329 e. The molecule has 2 amide bonds. The SMILES string of the molecule is CC(C)C[C@@H](NC(=O)Nc1c(C(C)C)cccc1C(C)C)C(=O)OC(C)(C)C. The Labute approximate surface area is 170 Å². The highest BCUT2D eigenvalue weighted by Gasteiger charge is 2.28. The number of ether oxygens (including phenoxy) is 1. The molecule has 2 N–H and O–H groups in total. The molecule has 1 aromatic carbocycles. The van der Waals surface area contributed by atoms with Crippen molar-refractivity contribution >= 4 is 17.7 Å². The fourth-order valence-electron chi connectivity index (χ4n) is 3.06. The molecule has 0 saturated heterocycles. The molecule has 0 unspecified atom stereocenters. The van der Waals surface area contributed by atoms with Crippen molar-refractivity contribution in [2.45, 2.75) is 92.2 Å². The van der Waals surface area contributed by atoms with Gasteiger partial charge in [-0.3, -0.25) is 0 Å². The predicted molar refractivity (Wildman–Crippen MR) is 116 cm³/mol. The largest absolute Gasteiger partial charge is 0.458 e. The summed E-state index contributed by atoms with van der Waals surface area (Å²) in [6.07, 6.45) is 0.519. The summed E-state index contributed by atoms with van der Waals surface area (Å²) in [6, 6.07) is 5.02. The molecule has 158 valence electrons. The Balaban J connectivity index is 3.06. The standard InChI is InChI=1S/C23H38N2O3/c1-14(2)13-19(21(26)28-23(7,8)9)24-22(27)25-20-17(15(3)4)11-10-12-18(20)16(5)6/h10-12,14-16,19H,13H2,1-9H3,(H2,24,25,27)/t19-/m1/s1. The molecule has 28 heavy (non-hydrogen) atoms. The summed E-state index contributed by atoms with van der Waals surface area (Å²) in [6.45, 7) is 17.9. The molecule has 0 aliphatic heterocycles. The first-order valence-electron chi connectivity index (χ1n) is 10.2. The van der Waals surface area contributed by atoms with Gasteiger partial charge in [-0.2, -0.15) is 0 Å². The van der Waals surface area contributed by atoms with Gasteiger partial charge in [-0.15, -0.1) is 0 Å². The van der Waals surface area contributed by atoms with Gasteiger partial charge in [-0.05, 0) is 56.1 Å². The summed E-state index contributed by atoms with van der Waals surface area (Å²) in [4.78, 5) is 25.4. The summed E-state index contributed by atoms with van der Waals surface area (Å²) in [5, 5.41) is 5.83. The third-order valence-corrected chi connectivity index (χ3v) is 4.32. The average Bonchev–Trinajstić information content (AvgIpc) is 2.51. The monoisotopic (exact) mass is 390 g/mol. The molecule has 0 spiro atoms. The molecule has 0 aromatic heterocycles. The van der Waals surface area contributed by atoms with Crippen molar-refractivity contribution in [3.05, 3.63) is 29.3 Å². The lowest BCUT2D eigenvalue weighted by Crippen LogP contribution is -2.46. The normalized spacial score (nSPS) is 13.0. The lowest BCUT2D eigenvalue weighted by atomic mass is 9.93. The van der Waals surface area contributed by atoms with E-state index in [0.717, 1.165) is 16.8 Å². The number of hydrogen-bond acceptors (Lipinski definition) is 3. The number of carbonyl (C=O) groups excluding carboxylic acids is 2. The first-order chi connectivity index (χ1) is 12.8.